The number of hydrogen-bond donors (Lipinski definition) is 2. The van der Waals surface area contributed by atoms with Gasteiger partial charge in [-0.15, -0.1) is 0 Å². The number of carbonyl (C=O) groups excluding carboxylic acids is 2. The Hall–Kier alpha value is -2.15. The highest BCUT2D eigenvalue weighted by Gasteiger charge is 2.16. The first-order chi connectivity index (χ1) is 10.8. The lowest BCUT2D eigenvalue weighted by molar-refractivity contribution is -0.143. The number of hydrogen-bond acceptors (Lipinski definition) is 5. The molecule has 23 heavy (non-hydrogen) atoms. The van der Waals surface area contributed by atoms with Crippen LogP contribution >= 0.6 is 12.2 Å². The van der Waals surface area contributed by atoms with Crippen molar-refractivity contribution in [3.05, 3.63) is 35.9 Å². The maximum Gasteiger partial charge on any atom is 0.408 e. The van der Waals surface area contributed by atoms with Crippen molar-refractivity contribution in [1.29, 1.82) is 0 Å². The van der Waals surface area contributed by atoms with Crippen LogP contribution in [0.2, 0.25) is 0 Å². The monoisotopic (exact) mass is 338 g/mol. The SMILES string of the molecule is CC(C)(C)OC(=O)NCC(=S)NCC(=O)OCc1ccccc1. The highest BCUT2D eigenvalue weighted by Crippen LogP contribution is 2.06. The lowest BCUT2D eigenvalue weighted by Crippen LogP contribution is -2.40. The third-order valence-corrected chi connectivity index (χ3v) is 2.75. The second-order valence-corrected chi connectivity index (χ2v) is 6.27. The molecular weight excluding hydrogens is 316 g/mol. The minimum absolute atomic E-state index is 0.0539. The fraction of sp³-hybridized carbons (Fsp3) is 0.438. The van der Waals surface area contributed by atoms with Crippen molar-refractivity contribution in [2.24, 2.45) is 0 Å². The van der Waals surface area contributed by atoms with Gasteiger partial charge >= 0.3 is 12.1 Å². The molecule has 0 spiro atoms. The molecule has 0 radical (unpaired) electrons. The number of carbonyl (C=O) groups is 2. The van der Waals surface area contributed by atoms with Crippen LogP contribution in [0.25, 0.3) is 0 Å². The summed E-state index contributed by atoms with van der Waals surface area (Å²) in [6.07, 6.45) is -0.562. The predicted molar refractivity (Wildman–Crippen MR) is 91.1 cm³/mol. The van der Waals surface area contributed by atoms with E-state index >= 15 is 0 Å². The van der Waals surface area contributed by atoms with Crippen LogP contribution < -0.4 is 10.6 Å². The Morgan fingerprint density at radius 3 is 2.35 bits per heavy atom. The number of thiocarbonyl (C=S) groups is 1. The van der Waals surface area contributed by atoms with Gasteiger partial charge < -0.3 is 20.1 Å². The Morgan fingerprint density at radius 2 is 1.74 bits per heavy atom. The summed E-state index contributed by atoms with van der Waals surface area (Å²) in [4.78, 5) is 23.4. The summed E-state index contributed by atoms with van der Waals surface area (Å²) >= 11 is 5.02. The minimum Gasteiger partial charge on any atom is -0.460 e. The molecule has 126 valence electrons. The van der Waals surface area contributed by atoms with E-state index in [1.165, 1.54) is 0 Å². The number of ether oxygens (including phenoxy) is 2. The first-order valence-electron chi connectivity index (χ1n) is 7.19. The summed E-state index contributed by atoms with van der Waals surface area (Å²) in [6, 6.07) is 9.38. The summed E-state index contributed by atoms with van der Waals surface area (Å²) in [5.74, 6) is -0.423. The van der Waals surface area contributed by atoms with Gasteiger partial charge in [0.1, 0.15) is 18.8 Å². The van der Waals surface area contributed by atoms with Crippen molar-refractivity contribution >= 4 is 29.3 Å². The quantitative estimate of drug-likeness (QED) is 0.611. The Balaban J connectivity index is 2.17. The molecule has 1 aromatic carbocycles. The van der Waals surface area contributed by atoms with Crippen molar-refractivity contribution in [3.63, 3.8) is 0 Å². The van der Waals surface area contributed by atoms with Gasteiger partial charge in [-0.2, -0.15) is 0 Å². The van der Waals surface area contributed by atoms with Crippen molar-refractivity contribution in [3.8, 4) is 0 Å². The van der Waals surface area contributed by atoms with Crippen LogP contribution in [0, 0.1) is 0 Å². The molecule has 0 aliphatic rings. The zero-order chi connectivity index (χ0) is 17.3. The molecule has 0 aromatic heterocycles. The number of esters is 1. The van der Waals surface area contributed by atoms with Crippen molar-refractivity contribution in [2.75, 3.05) is 13.1 Å². The normalized spacial score (nSPS) is 10.6. The Kier molecular flexibility index (Phi) is 7.47. The molecule has 0 aliphatic heterocycles. The van der Waals surface area contributed by atoms with E-state index in [0.717, 1.165) is 5.56 Å². The van der Waals surface area contributed by atoms with Crippen LogP contribution in [0.5, 0.6) is 0 Å². The van der Waals surface area contributed by atoms with Gasteiger partial charge in [-0.3, -0.25) is 4.79 Å². The number of alkyl carbamates (subject to hydrolysis) is 1. The summed E-state index contributed by atoms with van der Waals surface area (Å²) in [6.45, 7) is 5.56. The van der Waals surface area contributed by atoms with Crippen LogP contribution in [-0.4, -0.2) is 35.7 Å². The van der Waals surface area contributed by atoms with Crippen LogP contribution in [0.15, 0.2) is 30.3 Å². The van der Waals surface area contributed by atoms with Crippen LogP contribution in [0.1, 0.15) is 26.3 Å². The van der Waals surface area contributed by atoms with Gasteiger partial charge in [-0.25, -0.2) is 4.79 Å². The van der Waals surface area contributed by atoms with E-state index in [1.807, 2.05) is 30.3 Å². The predicted octanol–water partition coefficient (Wildman–Crippen LogP) is 2.17. The summed E-state index contributed by atoms with van der Waals surface area (Å²) in [5, 5.41) is 5.23. The number of nitrogens with one attached hydrogen (secondary N) is 2. The number of amides is 1. The van der Waals surface area contributed by atoms with E-state index in [0.29, 0.717) is 4.99 Å². The molecule has 0 aliphatic carbocycles. The molecule has 2 N–H and O–H groups in total. The third-order valence-electron chi connectivity index (χ3n) is 2.46. The Morgan fingerprint density at radius 1 is 1.09 bits per heavy atom. The van der Waals surface area contributed by atoms with Gasteiger partial charge in [0.25, 0.3) is 0 Å². The van der Waals surface area contributed by atoms with Crippen molar-refractivity contribution in [1.82, 2.24) is 10.6 Å². The van der Waals surface area contributed by atoms with Gasteiger partial charge in [0.15, 0.2) is 0 Å². The number of benzene rings is 1. The van der Waals surface area contributed by atoms with Gasteiger partial charge in [-0.1, -0.05) is 42.5 Å². The lowest BCUT2D eigenvalue weighted by atomic mass is 10.2. The topological polar surface area (TPSA) is 76.7 Å². The molecule has 0 atom stereocenters. The fourth-order valence-electron chi connectivity index (χ4n) is 1.49. The fourth-order valence-corrected chi connectivity index (χ4v) is 1.63. The average molecular weight is 338 g/mol. The molecule has 6 nitrogen and oxygen atoms in total. The first-order valence-corrected chi connectivity index (χ1v) is 7.60. The maximum absolute atomic E-state index is 11.6. The molecule has 0 saturated carbocycles. The maximum atomic E-state index is 11.6. The van der Waals surface area contributed by atoms with Crippen molar-refractivity contribution < 1.29 is 19.1 Å². The highest BCUT2D eigenvalue weighted by atomic mass is 32.1. The molecule has 0 saturated heterocycles. The summed E-state index contributed by atoms with van der Waals surface area (Å²) in [7, 11) is 0. The van der Waals surface area contributed by atoms with E-state index in [4.69, 9.17) is 21.7 Å². The molecule has 0 bridgehead atoms. The van der Waals surface area contributed by atoms with E-state index in [-0.39, 0.29) is 19.7 Å². The second-order valence-electron chi connectivity index (χ2n) is 5.78. The van der Waals surface area contributed by atoms with Crippen LogP contribution in [-0.2, 0) is 20.9 Å². The summed E-state index contributed by atoms with van der Waals surface area (Å²) < 4.78 is 10.2. The standard InChI is InChI=1S/C16H22N2O4S/c1-16(2,3)22-15(20)18-9-13(23)17-10-14(19)21-11-12-7-5-4-6-8-12/h4-8H,9-11H2,1-3H3,(H,17,23)(H,18,20). The first kappa shape index (κ1) is 18.9. The zero-order valence-corrected chi connectivity index (χ0v) is 14.4. The van der Waals surface area contributed by atoms with Crippen LogP contribution in [0.4, 0.5) is 4.79 Å². The van der Waals surface area contributed by atoms with E-state index in [2.05, 4.69) is 10.6 Å². The van der Waals surface area contributed by atoms with Gasteiger partial charge in [0, 0.05) is 0 Å². The Labute approximate surface area is 141 Å². The van der Waals surface area contributed by atoms with E-state index in [1.54, 1.807) is 20.8 Å². The van der Waals surface area contributed by atoms with E-state index in [9.17, 15) is 9.59 Å². The number of rotatable bonds is 6. The molecule has 0 heterocycles. The van der Waals surface area contributed by atoms with Gasteiger partial charge in [0.2, 0.25) is 0 Å². The van der Waals surface area contributed by atoms with Crippen LogP contribution in [0.3, 0.4) is 0 Å². The molecule has 1 amide bonds. The summed E-state index contributed by atoms with van der Waals surface area (Å²) in [5.41, 5.74) is 0.343. The van der Waals surface area contributed by atoms with E-state index < -0.39 is 17.7 Å². The van der Waals surface area contributed by atoms with Crippen molar-refractivity contribution in [2.45, 2.75) is 33.0 Å². The molecule has 0 unspecified atom stereocenters. The highest BCUT2D eigenvalue weighted by molar-refractivity contribution is 7.80. The second kappa shape index (κ2) is 9.09. The molecule has 7 heteroatoms. The zero-order valence-electron chi connectivity index (χ0n) is 13.5. The molecular formula is C16H22N2O4S. The molecule has 1 rings (SSSR count). The Bertz CT molecular complexity index is 541. The lowest BCUT2D eigenvalue weighted by Gasteiger charge is -2.19. The average Bonchev–Trinajstić information content (AvgIpc) is 2.48. The third kappa shape index (κ3) is 9.46. The van der Waals surface area contributed by atoms with Gasteiger partial charge in [-0.05, 0) is 26.3 Å². The molecule has 0 fully saturated rings. The largest absolute Gasteiger partial charge is 0.460 e. The molecule has 1 aromatic rings. The minimum atomic E-state index is -0.569. The smallest absolute Gasteiger partial charge is 0.408 e. The van der Waals surface area contributed by atoms with Gasteiger partial charge in [0.05, 0.1) is 11.5 Å².